The molecule has 0 saturated carbocycles. The molecule has 0 aliphatic heterocycles. The van der Waals surface area contributed by atoms with E-state index in [-0.39, 0.29) is 11.4 Å². The van der Waals surface area contributed by atoms with E-state index in [1.807, 2.05) is 24.4 Å². The Morgan fingerprint density at radius 2 is 1.94 bits per heavy atom. The van der Waals surface area contributed by atoms with Crippen molar-refractivity contribution in [1.29, 1.82) is 0 Å². The number of aromatic nitrogens is 3. The van der Waals surface area contributed by atoms with E-state index in [1.54, 1.807) is 31.6 Å². The molecule has 4 aromatic rings. The first-order chi connectivity index (χ1) is 15.5. The van der Waals surface area contributed by atoms with Gasteiger partial charge in [-0.15, -0.1) is 0 Å². The summed E-state index contributed by atoms with van der Waals surface area (Å²) in [7, 11) is 4.42. The normalized spacial score (nSPS) is 10.8. The van der Waals surface area contributed by atoms with Crippen LogP contribution in [-0.4, -0.2) is 42.1 Å². The van der Waals surface area contributed by atoms with Crippen LogP contribution >= 0.6 is 0 Å². The van der Waals surface area contributed by atoms with Gasteiger partial charge in [0, 0.05) is 48.2 Å². The number of halogens is 1. The van der Waals surface area contributed by atoms with Crippen LogP contribution in [0.1, 0.15) is 0 Å². The van der Waals surface area contributed by atoms with Crippen molar-refractivity contribution in [3.8, 4) is 33.9 Å². The number of pyridine rings is 2. The molecule has 0 aliphatic carbocycles. The van der Waals surface area contributed by atoms with Gasteiger partial charge >= 0.3 is 0 Å². The number of methoxy groups -OCH3 is 2. The Kier molecular flexibility index (Phi) is 5.59. The standard InChI is InChI=1S/C24H21FN4O3/c1-5-22(30)29(2)19-9-15(10-20(31-3)23(19)25)16-8-17-18(13-28-24(17)27-12-16)14-6-7-26-21(11-14)32-4/h5-13H,1H2,2-4H3,(H,27,28). The maximum Gasteiger partial charge on any atom is 0.250 e. The number of carbonyl (C=O) groups excluding carboxylic acids is 1. The second kappa shape index (κ2) is 8.50. The lowest BCUT2D eigenvalue weighted by atomic mass is 10.0. The van der Waals surface area contributed by atoms with Gasteiger partial charge in [0.25, 0.3) is 0 Å². The number of aromatic amines is 1. The molecule has 3 heterocycles. The van der Waals surface area contributed by atoms with Crippen LogP contribution in [0.2, 0.25) is 0 Å². The Morgan fingerprint density at radius 1 is 1.12 bits per heavy atom. The van der Waals surface area contributed by atoms with Crippen molar-refractivity contribution in [2.45, 2.75) is 0 Å². The minimum Gasteiger partial charge on any atom is -0.494 e. The van der Waals surface area contributed by atoms with Crippen molar-refractivity contribution in [3.63, 3.8) is 0 Å². The minimum atomic E-state index is -0.630. The van der Waals surface area contributed by atoms with Crippen LogP contribution in [0.25, 0.3) is 33.3 Å². The molecule has 0 spiro atoms. The molecule has 162 valence electrons. The van der Waals surface area contributed by atoms with Gasteiger partial charge < -0.3 is 19.4 Å². The number of hydrogen-bond donors (Lipinski definition) is 1. The van der Waals surface area contributed by atoms with Crippen LogP contribution in [0.4, 0.5) is 10.1 Å². The van der Waals surface area contributed by atoms with E-state index in [0.29, 0.717) is 17.1 Å². The van der Waals surface area contributed by atoms with Crippen molar-refractivity contribution in [1.82, 2.24) is 15.0 Å². The van der Waals surface area contributed by atoms with Crippen LogP contribution in [0.5, 0.6) is 11.6 Å². The van der Waals surface area contributed by atoms with Crippen LogP contribution in [0.15, 0.2) is 61.6 Å². The monoisotopic (exact) mass is 432 g/mol. The zero-order valence-corrected chi connectivity index (χ0v) is 17.8. The van der Waals surface area contributed by atoms with Gasteiger partial charge in [-0.1, -0.05) is 6.58 Å². The molecule has 8 heteroatoms. The van der Waals surface area contributed by atoms with Gasteiger partial charge in [0.1, 0.15) is 5.65 Å². The third kappa shape index (κ3) is 3.66. The van der Waals surface area contributed by atoms with Gasteiger partial charge in [0.15, 0.2) is 11.6 Å². The number of likely N-dealkylation sites (N-methyl/N-ethyl adjacent to an activating group) is 1. The van der Waals surface area contributed by atoms with Crippen molar-refractivity contribution in [3.05, 3.63) is 67.4 Å². The molecule has 0 fully saturated rings. The summed E-state index contributed by atoms with van der Waals surface area (Å²) < 4.78 is 25.3. The Labute approximate surface area is 184 Å². The lowest BCUT2D eigenvalue weighted by Crippen LogP contribution is -2.25. The lowest BCUT2D eigenvalue weighted by Gasteiger charge is -2.19. The van der Waals surface area contributed by atoms with E-state index in [4.69, 9.17) is 9.47 Å². The van der Waals surface area contributed by atoms with Crippen molar-refractivity contribution < 1.29 is 18.7 Å². The average molecular weight is 432 g/mol. The molecule has 1 N–H and O–H groups in total. The highest BCUT2D eigenvalue weighted by molar-refractivity contribution is 6.01. The van der Waals surface area contributed by atoms with Crippen LogP contribution in [0.3, 0.4) is 0 Å². The van der Waals surface area contributed by atoms with Crippen molar-refractivity contribution >= 4 is 22.6 Å². The number of benzene rings is 1. The molecule has 0 aliphatic rings. The summed E-state index contributed by atoms with van der Waals surface area (Å²) in [4.78, 5) is 25.1. The van der Waals surface area contributed by atoms with E-state index >= 15 is 0 Å². The fraction of sp³-hybridized carbons (Fsp3) is 0.125. The maximum atomic E-state index is 14.9. The van der Waals surface area contributed by atoms with E-state index in [9.17, 15) is 9.18 Å². The van der Waals surface area contributed by atoms with Gasteiger partial charge in [-0.3, -0.25) is 4.79 Å². The number of ether oxygens (including phenoxy) is 2. The maximum absolute atomic E-state index is 14.9. The molecule has 1 aromatic carbocycles. The lowest BCUT2D eigenvalue weighted by molar-refractivity contribution is -0.113. The molecule has 0 radical (unpaired) electrons. The van der Waals surface area contributed by atoms with Gasteiger partial charge in [0.05, 0.1) is 19.9 Å². The van der Waals surface area contributed by atoms with E-state index in [0.717, 1.165) is 28.2 Å². The summed E-state index contributed by atoms with van der Waals surface area (Å²) in [5.41, 5.74) is 4.00. The predicted molar refractivity (Wildman–Crippen MR) is 121 cm³/mol. The largest absolute Gasteiger partial charge is 0.494 e. The Hall–Kier alpha value is -4.20. The van der Waals surface area contributed by atoms with Gasteiger partial charge in [-0.25, -0.2) is 14.4 Å². The summed E-state index contributed by atoms with van der Waals surface area (Å²) in [5.74, 6) is -0.538. The Bertz CT molecular complexity index is 1330. The number of fused-ring (bicyclic) bond motifs is 1. The topological polar surface area (TPSA) is 80.3 Å². The van der Waals surface area contributed by atoms with Crippen LogP contribution in [-0.2, 0) is 4.79 Å². The van der Waals surface area contributed by atoms with E-state index in [1.165, 1.54) is 19.1 Å². The zero-order chi connectivity index (χ0) is 22.8. The minimum absolute atomic E-state index is 0.0227. The van der Waals surface area contributed by atoms with Crippen molar-refractivity contribution in [2.24, 2.45) is 0 Å². The van der Waals surface area contributed by atoms with Crippen molar-refractivity contribution in [2.75, 3.05) is 26.2 Å². The van der Waals surface area contributed by atoms with Crippen LogP contribution < -0.4 is 14.4 Å². The number of anilines is 1. The number of nitrogens with one attached hydrogen (secondary N) is 1. The smallest absolute Gasteiger partial charge is 0.250 e. The highest BCUT2D eigenvalue weighted by atomic mass is 19.1. The number of hydrogen-bond acceptors (Lipinski definition) is 5. The molecule has 3 aromatic heterocycles. The molecule has 0 atom stereocenters. The van der Waals surface area contributed by atoms with Crippen LogP contribution in [0, 0.1) is 5.82 Å². The summed E-state index contributed by atoms with van der Waals surface area (Å²) in [6.45, 7) is 3.47. The van der Waals surface area contributed by atoms with Gasteiger partial charge in [0.2, 0.25) is 11.8 Å². The first kappa shape index (κ1) is 21.0. The zero-order valence-electron chi connectivity index (χ0n) is 17.8. The quantitative estimate of drug-likeness (QED) is 0.451. The third-order valence-corrected chi connectivity index (χ3v) is 5.23. The Morgan fingerprint density at radius 3 is 2.66 bits per heavy atom. The van der Waals surface area contributed by atoms with Gasteiger partial charge in [-0.05, 0) is 41.5 Å². The van der Waals surface area contributed by atoms with E-state index < -0.39 is 11.7 Å². The molecule has 32 heavy (non-hydrogen) atoms. The number of amides is 1. The highest BCUT2D eigenvalue weighted by Gasteiger charge is 2.19. The fourth-order valence-electron chi connectivity index (χ4n) is 3.49. The summed E-state index contributed by atoms with van der Waals surface area (Å²) in [6.07, 6.45) is 6.35. The molecule has 0 saturated heterocycles. The summed E-state index contributed by atoms with van der Waals surface area (Å²) in [5, 5.41) is 0.871. The number of nitrogens with zero attached hydrogens (tertiary/aromatic N) is 3. The van der Waals surface area contributed by atoms with E-state index in [2.05, 4.69) is 21.5 Å². The number of rotatable bonds is 6. The summed E-state index contributed by atoms with van der Waals surface area (Å²) >= 11 is 0. The average Bonchev–Trinajstić information content (AvgIpc) is 3.26. The molecule has 1 amide bonds. The molecule has 0 bridgehead atoms. The second-order valence-corrected chi connectivity index (χ2v) is 7.02. The fourth-order valence-corrected chi connectivity index (χ4v) is 3.49. The Balaban J connectivity index is 1.86. The summed E-state index contributed by atoms with van der Waals surface area (Å²) in [6, 6.07) is 8.84. The first-order valence-corrected chi connectivity index (χ1v) is 9.72. The molecular formula is C24H21FN4O3. The third-order valence-electron chi connectivity index (χ3n) is 5.23. The van der Waals surface area contributed by atoms with Gasteiger partial charge in [-0.2, -0.15) is 0 Å². The second-order valence-electron chi connectivity index (χ2n) is 7.02. The number of H-pyrrole nitrogens is 1. The molecule has 0 unspecified atom stereocenters. The highest BCUT2D eigenvalue weighted by Crippen LogP contribution is 2.36. The molecule has 7 nitrogen and oxygen atoms in total. The molecule has 4 rings (SSSR count). The predicted octanol–water partition coefficient (Wildman–Crippen LogP) is 4.60. The number of carbonyl (C=O) groups is 1. The first-order valence-electron chi connectivity index (χ1n) is 9.72. The molecular weight excluding hydrogens is 411 g/mol. The SMILES string of the molecule is C=CC(=O)N(C)c1cc(-c2cnc3[nH]cc(-c4ccnc(OC)c4)c3c2)cc(OC)c1F.